The van der Waals surface area contributed by atoms with Crippen LogP contribution in [0.25, 0.3) is 5.65 Å². The number of piperidine rings is 1. The summed E-state index contributed by atoms with van der Waals surface area (Å²) in [7, 11) is 0. The fraction of sp³-hybridized carbons (Fsp3) is 0.500. The number of hydrogen-bond donors (Lipinski definition) is 1. The minimum Gasteiger partial charge on any atom is -0.465 e. The van der Waals surface area contributed by atoms with Gasteiger partial charge in [0.05, 0.1) is 5.69 Å². The van der Waals surface area contributed by atoms with Crippen molar-refractivity contribution in [3.63, 3.8) is 0 Å². The SMILES string of the molecule is Cc1cc(C)c2nc(C[C@@H]3CCCCN3C(=O)O)cn2c1. The molecule has 21 heavy (non-hydrogen) atoms. The topological polar surface area (TPSA) is 57.8 Å². The van der Waals surface area contributed by atoms with E-state index in [-0.39, 0.29) is 6.04 Å². The molecule has 5 nitrogen and oxygen atoms in total. The van der Waals surface area contributed by atoms with Gasteiger partial charge in [0.15, 0.2) is 0 Å². The first-order chi connectivity index (χ1) is 10.0. The quantitative estimate of drug-likeness (QED) is 0.923. The van der Waals surface area contributed by atoms with Crippen LogP contribution in [0.5, 0.6) is 0 Å². The van der Waals surface area contributed by atoms with Crippen molar-refractivity contribution in [3.8, 4) is 0 Å². The fourth-order valence-corrected chi connectivity index (χ4v) is 3.30. The molecule has 2 aromatic rings. The van der Waals surface area contributed by atoms with E-state index in [0.717, 1.165) is 36.2 Å². The molecule has 1 amide bonds. The van der Waals surface area contributed by atoms with E-state index in [9.17, 15) is 9.90 Å². The van der Waals surface area contributed by atoms with E-state index in [4.69, 9.17) is 0 Å². The third-order valence-electron chi connectivity index (χ3n) is 4.24. The molecule has 1 N–H and O–H groups in total. The van der Waals surface area contributed by atoms with Crippen molar-refractivity contribution < 1.29 is 9.90 Å². The van der Waals surface area contributed by atoms with Crippen molar-refractivity contribution in [3.05, 3.63) is 35.3 Å². The van der Waals surface area contributed by atoms with Crippen LogP contribution in [0.15, 0.2) is 18.5 Å². The second kappa shape index (κ2) is 5.39. The Kier molecular flexibility index (Phi) is 3.57. The molecule has 0 aromatic carbocycles. The van der Waals surface area contributed by atoms with Gasteiger partial charge in [0, 0.05) is 31.4 Å². The van der Waals surface area contributed by atoms with Gasteiger partial charge in [-0.25, -0.2) is 9.78 Å². The molecule has 5 heteroatoms. The number of nitrogens with zero attached hydrogens (tertiary/aromatic N) is 3. The number of fused-ring (bicyclic) bond motifs is 1. The summed E-state index contributed by atoms with van der Waals surface area (Å²) in [6, 6.07) is 2.18. The van der Waals surface area contributed by atoms with Gasteiger partial charge in [0.1, 0.15) is 5.65 Å². The van der Waals surface area contributed by atoms with Gasteiger partial charge >= 0.3 is 6.09 Å². The molecule has 0 bridgehead atoms. The highest BCUT2D eigenvalue weighted by atomic mass is 16.4. The van der Waals surface area contributed by atoms with Crippen LogP contribution in [0.3, 0.4) is 0 Å². The van der Waals surface area contributed by atoms with Crippen molar-refractivity contribution >= 4 is 11.7 Å². The highest BCUT2D eigenvalue weighted by Gasteiger charge is 2.27. The first-order valence-electron chi connectivity index (χ1n) is 7.49. The number of pyridine rings is 1. The summed E-state index contributed by atoms with van der Waals surface area (Å²) in [5.41, 5.74) is 4.30. The highest BCUT2D eigenvalue weighted by Crippen LogP contribution is 2.21. The second-order valence-corrected chi connectivity index (χ2v) is 5.99. The summed E-state index contributed by atoms with van der Waals surface area (Å²) in [5, 5.41) is 9.31. The number of rotatable bonds is 2. The summed E-state index contributed by atoms with van der Waals surface area (Å²) in [5.74, 6) is 0. The van der Waals surface area contributed by atoms with Crippen LogP contribution in [0.4, 0.5) is 4.79 Å². The second-order valence-electron chi connectivity index (χ2n) is 5.99. The van der Waals surface area contributed by atoms with Crippen LogP contribution in [-0.4, -0.2) is 38.1 Å². The van der Waals surface area contributed by atoms with E-state index in [1.165, 1.54) is 5.56 Å². The molecule has 1 aliphatic rings. The lowest BCUT2D eigenvalue weighted by Crippen LogP contribution is -2.44. The molecular weight excluding hydrogens is 266 g/mol. The molecule has 0 unspecified atom stereocenters. The Labute approximate surface area is 124 Å². The average molecular weight is 287 g/mol. The van der Waals surface area contributed by atoms with E-state index < -0.39 is 6.09 Å². The molecule has 0 radical (unpaired) electrons. The number of imidazole rings is 1. The standard InChI is InChI=1S/C16H21N3O2/c1-11-7-12(2)15-17-13(10-18(15)9-11)8-14-5-3-4-6-19(14)16(20)21/h7,9-10,14H,3-6,8H2,1-2H3,(H,20,21)/t14-/m0/s1. The Bertz CT molecular complexity index is 677. The lowest BCUT2D eigenvalue weighted by molar-refractivity contribution is 0.106. The summed E-state index contributed by atoms with van der Waals surface area (Å²) < 4.78 is 2.05. The monoisotopic (exact) mass is 287 g/mol. The first kappa shape index (κ1) is 13.9. The molecule has 1 aliphatic heterocycles. The molecule has 2 aromatic heterocycles. The van der Waals surface area contributed by atoms with Gasteiger partial charge in [-0.2, -0.15) is 0 Å². The number of likely N-dealkylation sites (tertiary alicyclic amines) is 1. The van der Waals surface area contributed by atoms with Crippen molar-refractivity contribution in [2.75, 3.05) is 6.54 Å². The fourth-order valence-electron chi connectivity index (χ4n) is 3.30. The lowest BCUT2D eigenvalue weighted by Gasteiger charge is -2.33. The highest BCUT2D eigenvalue weighted by molar-refractivity contribution is 5.65. The predicted octanol–water partition coefficient (Wildman–Crippen LogP) is 3.03. The minimum atomic E-state index is -0.810. The van der Waals surface area contributed by atoms with Gasteiger partial charge in [-0.3, -0.25) is 0 Å². The third kappa shape index (κ3) is 2.73. The molecule has 1 fully saturated rings. The number of hydrogen-bond acceptors (Lipinski definition) is 2. The number of carbonyl (C=O) groups is 1. The maximum Gasteiger partial charge on any atom is 0.407 e. The van der Waals surface area contributed by atoms with Gasteiger partial charge in [0.2, 0.25) is 0 Å². The van der Waals surface area contributed by atoms with Gasteiger partial charge in [-0.05, 0) is 44.2 Å². The summed E-state index contributed by atoms with van der Waals surface area (Å²) in [4.78, 5) is 17.6. The number of aryl methyl sites for hydroxylation is 2. The van der Waals surface area contributed by atoms with E-state index >= 15 is 0 Å². The molecule has 3 heterocycles. The number of aromatic nitrogens is 2. The molecule has 1 saturated heterocycles. The third-order valence-corrected chi connectivity index (χ3v) is 4.24. The molecule has 0 spiro atoms. The zero-order valence-electron chi connectivity index (χ0n) is 12.5. The van der Waals surface area contributed by atoms with Crippen LogP contribution in [-0.2, 0) is 6.42 Å². The van der Waals surface area contributed by atoms with Gasteiger partial charge < -0.3 is 14.4 Å². The van der Waals surface area contributed by atoms with Crippen molar-refractivity contribution in [1.29, 1.82) is 0 Å². The average Bonchev–Trinajstić information content (AvgIpc) is 2.81. The molecule has 3 rings (SSSR count). The van der Waals surface area contributed by atoms with Crippen LogP contribution >= 0.6 is 0 Å². The predicted molar refractivity (Wildman–Crippen MR) is 80.7 cm³/mol. The Morgan fingerprint density at radius 2 is 2.19 bits per heavy atom. The Balaban J connectivity index is 1.87. The minimum absolute atomic E-state index is 0.0579. The molecule has 0 saturated carbocycles. The van der Waals surface area contributed by atoms with Crippen LogP contribution in [0.2, 0.25) is 0 Å². The molecule has 1 atom stereocenters. The van der Waals surface area contributed by atoms with Crippen LogP contribution in [0.1, 0.15) is 36.1 Å². The van der Waals surface area contributed by atoms with E-state index in [2.05, 4.69) is 31.1 Å². The van der Waals surface area contributed by atoms with Gasteiger partial charge in [0.25, 0.3) is 0 Å². The maximum atomic E-state index is 11.3. The van der Waals surface area contributed by atoms with Crippen molar-refractivity contribution in [1.82, 2.24) is 14.3 Å². The molecule has 112 valence electrons. The lowest BCUT2D eigenvalue weighted by atomic mass is 9.99. The van der Waals surface area contributed by atoms with Gasteiger partial charge in [-0.15, -0.1) is 0 Å². The number of carboxylic acid groups (broad SMARTS) is 1. The van der Waals surface area contributed by atoms with Crippen molar-refractivity contribution in [2.45, 2.75) is 45.6 Å². The van der Waals surface area contributed by atoms with Crippen LogP contribution in [0, 0.1) is 13.8 Å². The van der Waals surface area contributed by atoms with E-state index in [1.54, 1.807) is 4.90 Å². The smallest absolute Gasteiger partial charge is 0.407 e. The van der Waals surface area contributed by atoms with Crippen LogP contribution < -0.4 is 0 Å². The summed E-state index contributed by atoms with van der Waals surface area (Å²) in [6.45, 7) is 4.77. The van der Waals surface area contributed by atoms with Gasteiger partial charge in [-0.1, -0.05) is 6.07 Å². The summed E-state index contributed by atoms with van der Waals surface area (Å²) in [6.07, 6.45) is 6.98. The van der Waals surface area contributed by atoms with E-state index in [0.29, 0.717) is 13.0 Å². The normalized spacial score (nSPS) is 19.1. The first-order valence-corrected chi connectivity index (χ1v) is 7.49. The Morgan fingerprint density at radius 1 is 1.38 bits per heavy atom. The Hall–Kier alpha value is -2.04. The maximum absolute atomic E-state index is 11.3. The zero-order chi connectivity index (χ0) is 15.0. The largest absolute Gasteiger partial charge is 0.465 e. The van der Waals surface area contributed by atoms with Crippen molar-refractivity contribution in [2.24, 2.45) is 0 Å². The number of amides is 1. The Morgan fingerprint density at radius 3 is 2.95 bits per heavy atom. The molecule has 0 aliphatic carbocycles. The molecular formula is C16H21N3O2. The van der Waals surface area contributed by atoms with E-state index in [1.807, 2.05) is 10.6 Å². The zero-order valence-corrected chi connectivity index (χ0v) is 12.5. The summed E-state index contributed by atoms with van der Waals surface area (Å²) >= 11 is 0.